The number of aliphatic hydroxyl groups is 2. The summed E-state index contributed by atoms with van der Waals surface area (Å²) in [6.07, 6.45) is 0.908. The minimum atomic E-state index is -0.837. The highest BCUT2D eigenvalue weighted by molar-refractivity contribution is 5.68. The summed E-state index contributed by atoms with van der Waals surface area (Å²) >= 11 is 0. The normalized spacial score (nSPS) is 25.3. The second kappa shape index (κ2) is 5.32. The molecule has 0 spiro atoms. The molecule has 8 heteroatoms. The van der Waals surface area contributed by atoms with Gasteiger partial charge >= 0.3 is 5.69 Å². The Morgan fingerprint density at radius 1 is 1.52 bits per heavy atom. The van der Waals surface area contributed by atoms with Crippen molar-refractivity contribution in [1.82, 2.24) is 9.55 Å². The molecule has 0 aliphatic carbocycles. The van der Waals surface area contributed by atoms with Crippen LogP contribution in [0.25, 0.3) is 11.3 Å². The van der Waals surface area contributed by atoms with E-state index in [1.165, 1.54) is 17.0 Å². The first kappa shape index (κ1) is 13.8. The topological polar surface area (TPSA) is 124 Å². The molecular formula is C13H15N3O5. The standard InChI is InChI=1S/C13H15N3O5/c14-12-7(9-2-1-3-20-9)5-16(13(19)15-12)11-4-8(18)10(6-17)21-11/h1-3,5,8,10-11,17-18H,4,6H2,(H2,14,15,19)/t8?,10-,11-/m0/s1. The number of nitrogens with zero attached hydrogens (tertiary/aromatic N) is 2. The number of hydrogen-bond acceptors (Lipinski definition) is 7. The summed E-state index contributed by atoms with van der Waals surface area (Å²) in [5, 5.41) is 18.9. The molecule has 3 heterocycles. The molecule has 0 amide bonds. The molecule has 1 aliphatic rings. The highest BCUT2D eigenvalue weighted by atomic mass is 16.5. The molecule has 1 unspecified atom stereocenters. The molecule has 0 aromatic carbocycles. The molecule has 1 fully saturated rings. The zero-order valence-corrected chi connectivity index (χ0v) is 11.0. The minimum Gasteiger partial charge on any atom is -0.464 e. The van der Waals surface area contributed by atoms with Crippen molar-refractivity contribution >= 4 is 5.82 Å². The van der Waals surface area contributed by atoms with Crippen LogP contribution in [0.3, 0.4) is 0 Å². The minimum absolute atomic E-state index is 0.0588. The van der Waals surface area contributed by atoms with Gasteiger partial charge in [0.1, 0.15) is 23.9 Å². The van der Waals surface area contributed by atoms with Crippen molar-refractivity contribution in [3.8, 4) is 11.3 Å². The van der Waals surface area contributed by atoms with Gasteiger partial charge in [-0.3, -0.25) is 4.57 Å². The third-order valence-corrected chi connectivity index (χ3v) is 3.46. The van der Waals surface area contributed by atoms with Crippen LogP contribution >= 0.6 is 0 Å². The lowest BCUT2D eigenvalue weighted by Gasteiger charge is -2.15. The molecule has 112 valence electrons. The fraction of sp³-hybridized carbons (Fsp3) is 0.385. The zero-order valence-electron chi connectivity index (χ0n) is 11.0. The summed E-state index contributed by atoms with van der Waals surface area (Å²) in [6, 6.07) is 3.39. The lowest BCUT2D eigenvalue weighted by molar-refractivity contribution is -0.0458. The predicted octanol–water partition coefficient (Wildman–Crippen LogP) is -0.274. The number of ether oxygens (including phenoxy) is 1. The van der Waals surface area contributed by atoms with Crippen molar-refractivity contribution in [2.24, 2.45) is 0 Å². The van der Waals surface area contributed by atoms with E-state index in [1.54, 1.807) is 12.1 Å². The third kappa shape index (κ3) is 2.44. The first-order valence-electron chi connectivity index (χ1n) is 6.47. The number of nitrogens with two attached hydrogens (primary N) is 1. The van der Waals surface area contributed by atoms with Crippen molar-refractivity contribution in [3.05, 3.63) is 35.1 Å². The Labute approximate surface area is 119 Å². The number of anilines is 1. The summed E-state index contributed by atoms with van der Waals surface area (Å²) < 4.78 is 12.0. The lowest BCUT2D eigenvalue weighted by atomic mass is 10.2. The van der Waals surface area contributed by atoms with Gasteiger partial charge in [0.05, 0.1) is 24.5 Å². The van der Waals surface area contributed by atoms with Gasteiger partial charge in [-0.2, -0.15) is 4.98 Å². The van der Waals surface area contributed by atoms with Crippen molar-refractivity contribution < 1.29 is 19.4 Å². The summed E-state index contributed by atoms with van der Waals surface area (Å²) in [6.45, 7) is -0.320. The molecule has 2 aromatic rings. The van der Waals surface area contributed by atoms with E-state index in [2.05, 4.69) is 4.98 Å². The van der Waals surface area contributed by atoms with E-state index >= 15 is 0 Å². The summed E-state index contributed by atoms with van der Waals surface area (Å²) in [5.74, 6) is 0.537. The van der Waals surface area contributed by atoms with Gasteiger partial charge in [-0.1, -0.05) is 0 Å². The number of furan rings is 1. The van der Waals surface area contributed by atoms with E-state index in [9.17, 15) is 9.90 Å². The third-order valence-electron chi connectivity index (χ3n) is 3.46. The molecule has 2 aromatic heterocycles. The lowest BCUT2D eigenvalue weighted by Crippen LogP contribution is -2.28. The van der Waals surface area contributed by atoms with Crippen LogP contribution in [0.15, 0.2) is 33.8 Å². The van der Waals surface area contributed by atoms with Crippen LogP contribution < -0.4 is 11.4 Å². The van der Waals surface area contributed by atoms with Gasteiger partial charge < -0.3 is 25.1 Å². The van der Waals surface area contributed by atoms with Gasteiger partial charge in [-0.05, 0) is 12.1 Å². The van der Waals surface area contributed by atoms with Gasteiger partial charge in [-0.25, -0.2) is 4.79 Å². The Kier molecular flexibility index (Phi) is 3.50. The first-order valence-corrected chi connectivity index (χ1v) is 6.47. The second-order valence-corrected chi connectivity index (χ2v) is 4.82. The maximum absolute atomic E-state index is 12.0. The number of nitrogen functional groups attached to an aromatic ring is 1. The van der Waals surface area contributed by atoms with Gasteiger partial charge in [-0.15, -0.1) is 0 Å². The van der Waals surface area contributed by atoms with Crippen molar-refractivity contribution in [3.63, 3.8) is 0 Å². The molecular weight excluding hydrogens is 278 g/mol. The smallest absolute Gasteiger partial charge is 0.351 e. The molecule has 3 rings (SSSR count). The number of rotatable bonds is 3. The number of aromatic nitrogens is 2. The Hall–Kier alpha value is -2.16. The van der Waals surface area contributed by atoms with Crippen molar-refractivity contribution in [1.29, 1.82) is 0 Å². The van der Waals surface area contributed by atoms with Crippen LogP contribution in [0.1, 0.15) is 12.6 Å². The predicted molar refractivity (Wildman–Crippen MR) is 72.2 cm³/mol. The Morgan fingerprint density at radius 3 is 2.95 bits per heavy atom. The van der Waals surface area contributed by atoms with Gasteiger partial charge in [0.2, 0.25) is 0 Å². The van der Waals surface area contributed by atoms with E-state index in [-0.39, 0.29) is 18.8 Å². The van der Waals surface area contributed by atoms with E-state index < -0.39 is 24.1 Å². The summed E-state index contributed by atoms with van der Waals surface area (Å²) in [7, 11) is 0. The molecule has 0 bridgehead atoms. The molecule has 4 N–H and O–H groups in total. The van der Waals surface area contributed by atoms with Crippen molar-refractivity contribution in [2.45, 2.75) is 24.9 Å². The Balaban J connectivity index is 2.00. The first-order chi connectivity index (χ1) is 10.1. The number of aliphatic hydroxyl groups excluding tert-OH is 2. The van der Waals surface area contributed by atoms with Crippen LogP contribution in [0.4, 0.5) is 5.82 Å². The van der Waals surface area contributed by atoms with Crippen LogP contribution in [0, 0.1) is 0 Å². The maximum Gasteiger partial charge on any atom is 0.351 e. The van der Waals surface area contributed by atoms with E-state index in [0.29, 0.717) is 11.3 Å². The maximum atomic E-state index is 12.0. The average molecular weight is 293 g/mol. The van der Waals surface area contributed by atoms with Crippen LogP contribution in [-0.2, 0) is 4.74 Å². The van der Waals surface area contributed by atoms with Gasteiger partial charge in [0.25, 0.3) is 0 Å². The summed E-state index contributed by atoms with van der Waals surface area (Å²) in [4.78, 5) is 15.7. The van der Waals surface area contributed by atoms with Crippen LogP contribution in [-0.4, -0.2) is 38.6 Å². The van der Waals surface area contributed by atoms with Crippen molar-refractivity contribution in [2.75, 3.05) is 12.3 Å². The molecule has 1 aliphatic heterocycles. The average Bonchev–Trinajstić information content (AvgIpc) is 3.08. The van der Waals surface area contributed by atoms with E-state index in [0.717, 1.165) is 0 Å². The Bertz CT molecular complexity index is 682. The molecule has 21 heavy (non-hydrogen) atoms. The van der Waals surface area contributed by atoms with Crippen LogP contribution in [0.5, 0.6) is 0 Å². The van der Waals surface area contributed by atoms with E-state index in [4.69, 9.17) is 20.0 Å². The molecule has 0 saturated carbocycles. The molecule has 0 radical (unpaired) electrons. The molecule has 3 atom stereocenters. The Morgan fingerprint density at radius 2 is 2.33 bits per heavy atom. The SMILES string of the molecule is Nc1nc(=O)n([C@@H]2CC(O)[C@H](CO)O2)cc1-c1ccco1. The van der Waals surface area contributed by atoms with Gasteiger partial charge in [0.15, 0.2) is 0 Å². The highest BCUT2D eigenvalue weighted by Crippen LogP contribution is 2.30. The van der Waals surface area contributed by atoms with E-state index in [1.807, 2.05) is 0 Å². The monoisotopic (exact) mass is 293 g/mol. The van der Waals surface area contributed by atoms with Gasteiger partial charge in [0, 0.05) is 12.6 Å². The fourth-order valence-electron chi connectivity index (χ4n) is 2.36. The molecule has 8 nitrogen and oxygen atoms in total. The number of hydrogen-bond donors (Lipinski definition) is 3. The summed E-state index contributed by atoms with van der Waals surface area (Å²) in [5.41, 5.74) is 5.62. The largest absolute Gasteiger partial charge is 0.464 e. The van der Waals surface area contributed by atoms with Crippen LogP contribution in [0.2, 0.25) is 0 Å². The molecule has 1 saturated heterocycles. The quantitative estimate of drug-likeness (QED) is 0.711. The fourth-order valence-corrected chi connectivity index (χ4v) is 2.36. The second-order valence-electron chi connectivity index (χ2n) is 4.82. The zero-order chi connectivity index (χ0) is 15.0. The highest BCUT2D eigenvalue weighted by Gasteiger charge is 2.35.